The minimum absolute atomic E-state index is 0.0121. The van der Waals surface area contributed by atoms with Crippen molar-refractivity contribution in [3.05, 3.63) is 59.7 Å². The largest absolute Gasteiger partial charge is 0.480 e. The molecule has 0 saturated carbocycles. The third kappa shape index (κ3) is 4.27. The first-order chi connectivity index (χ1) is 16.9. The first-order valence-corrected chi connectivity index (χ1v) is 12.2. The van der Waals surface area contributed by atoms with Crippen molar-refractivity contribution in [2.75, 3.05) is 19.7 Å². The Labute approximate surface area is 204 Å². The van der Waals surface area contributed by atoms with Crippen molar-refractivity contribution in [3.8, 4) is 11.1 Å². The van der Waals surface area contributed by atoms with Crippen molar-refractivity contribution >= 4 is 18.0 Å². The van der Waals surface area contributed by atoms with Crippen LogP contribution in [0.1, 0.15) is 49.7 Å². The van der Waals surface area contributed by atoms with Crippen LogP contribution in [0.15, 0.2) is 48.5 Å². The van der Waals surface area contributed by atoms with Crippen molar-refractivity contribution in [1.82, 2.24) is 10.2 Å². The molecule has 2 N–H and O–H groups in total. The minimum Gasteiger partial charge on any atom is -0.480 e. The Balaban J connectivity index is 1.12. The Kier molecular flexibility index (Phi) is 6.23. The lowest BCUT2D eigenvalue weighted by Crippen LogP contribution is -2.53. The number of benzene rings is 2. The molecule has 0 bridgehead atoms. The Hall–Kier alpha value is -3.39. The molecule has 3 aliphatic rings. The van der Waals surface area contributed by atoms with Gasteiger partial charge in [0.05, 0.1) is 6.10 Å². The summed E-state index contributed by atoms with van der Waals surface area (Å²) in [6, 6.07) is 16.3. The Bertz CT molecular complexity index is 1100. The first-order valence-electron chi connectivity index (χ1n) is 12.2. The predicted octanol–water partition coefficient (Wildman–Crippen LogP) is 3.54. The molecule has 3 atom stereocenters. The average Bonchev–Trinajstić information content (AvgIpc) is 3.57. The summed E-state index contributed by atoms with van der Waals surface area (Å²) >= 11 is 0. The van der Waals surface area contributed by atoms with Crippen molar-refractivity contribution < 1.29 is 29.0 Å². The van der Waals surface area contributed by atoms with Crippen molar-refractivity contribution in [3.63, 3.8) is 0 Å². The Morgan fingerprint density at radius 1 is 1.09 bits per heavy atom. The van der Waals surface area contributed by atoms with Crippen molar-refractivity contribution in [2.45, 2.75) is 56.3 Å². The topological polar surface area (TPSA) is 105 Å². The van der Waals surface area contributed by atoms with Gasteiger partial charge in [0.1, 0.15) is 18.2 Å². The van der Waals surface area contributed by atoms with E-state index in [9.17, 15) is 19.5 Å². The van der Waals surface area contributed by atoms with Gasteiger partial charge in [-0.1, -0.05) is 48.5 Å². The van der Waals surface area contributed by atoms with E-state index < -0.39 is 23.7 Å². The number of nitrogens with one attached hydrogen (secondary N) is 1. The first kappa shape index (κ1) is 23.4. The van der Waals surface area contributed by atoms with E-state index in [1.54, 1.807) is 6.92 Å². The number of alkyl carbamates (subject to hydrolysis) is 1. The number of ether oxygens (including phenoxy) is 2. The van der Waals surface area contributed by atoms with Gasteiger partial charge in [-0.3, -0.25) is 4.79 Å². The number of carboxylic acid groups (broad SMARTS) is 1. The third-order valence-electron chi connectivity index (χ3n) is 7.57. The highest BCUT2D eigenvalue weighted by Crippen LogP contribution is 2.44. The van der Waals surface area contributed by atoms with Gasteiger partial charge in [-0.2, -0.15) is 0 Å². The van der Waals surface area contributed by atoms with Gasteiger partial charge in [-0.05, 0) is 54.9 Å². The standard InChI is InChI=1S/C27H30N2O6/c1-27(25(31)32)13-6-14-29(27)24(30)23-12-11-17(35-23)15-28-26(33)34-16-22-20-9-4-2-7-18(20)19-8-3-5-10-21(19)22/h2-5,7-10,17,22-23H,6,11-16H2,1H3,(H,28,33)(H,31,32)/t17?,23?,27-/m0/s1. The van der Waals surface area contributed by atoms with E-state index in [-0.39, 0.29) is 31.1 Å². The monoisotopic (exact) mass is 478 g/mol. The normalized spacial score (nSPS) is 25.2. The lowest BCUT2D eigenvalue weighted by atomic mass is 9.98. The zero-order valence-corrected chi connectivity index (χ0v) is 19.7. The van der Waals surface area contributed by atoms with Gasteiger partial charge in [0.25, 0.3) is 5.91 Å². The van der Waals surface area contributed by atoms with E-state index in [2.05, 4.69) is 29.6 Å². The van der Waals surface area contributed by atoms with Gasteiger partial charge in [0, 0.05) is 19.0 Å². The highest BCUT2D eigenvalue weighted by Gasteiger charge is 2.48. The number of amides is 2. The quantitative estimate of drug-likeness (QED) is 0.658. The summed E-state index contributed by atoms with van der Waals surface area (Å²) in [6.07, 6.45) is 0.689. The Morgan fingerprint density at radius 2 is 1.74 bits per heavy atom. The van der Waals surface area contributed by atoms with E-state index in [4.69, 9.17) is 9.47 Å². The number of fused-ring (bicyclic) bond motifs is 3. The van der Waals surface area contributed by atoms with Gasteiger partial charge in [0.15, 0.2) is 0 Å². The molecule has 1 aliphatic carbocycles. The number of likely N-dealkylation sites (tertiary alicyclic amines) is 1. The summed E-state index contributed by atoms with van der Waals surface area (Å²) in [4.78, 5) is 38.5. The van der Waals surface area contributed by atoms with E-state index in [1.165, 1.54) is 16.0 Å². The molecule has 2 aromatic carbocycles. The molecule has 8 nitrogen and oxygen atoms in total. The van der Waals surface area contributed by atoms with Crippen molar-refractivity contribution in [1.29, 1.82) is 0 Å². The third-order valence-corrected chi connectivity index (χ3v) is 7.57. The van der Waals surface area contributed by atoms with Crippen LogP contribution in [0.25, 0.3) is 11.1 Å². The van der Waals surface area contributed by atoms with Crippen LogP contribution in [-0.2, 0) is 19.1 Å². The molecule has 0 aromatic heterocycles. The average molecular weight is 479 g/mol. The SMILES string of the molecule is C[C@@]1(C(=O)O)CCCN1C(=O)C1CCC(CNC(=O)OCC2c3ccccc3-c3ccccc32)O1. The van der Waals surface area contributed by atoms with Crippen LogP contribution in [0.3, 0.4) is 0 Å². The second kappa shape index (κ2) is 9.34. The maximum Gasteiger partial charge on any atom is 0.407 e. The highest BCUT2D eigenvalue weighted by molar-refractivity contribution is 5.89. The maximum absolute atomic E-state index is 12.9. The number of nitrogens with zero attached hydrogens (tertiary/aromatic N) is 1. The van der Waals surface area contributed by atoms with Crippen LogP contribution >= 0.6 is 0 Å². The summed E-state index contributed by atoms with van der Waals surface area (Å²) < 4.78 is 11.4. The maximum atomic E-state index is 12.9. The van der Waals surface area contributed by atoms with Crippen molar-refractivity contribution in [2.24, 2.45) is 0 Å². The zero-order valence-electron chi connectivity index (χ0n) is 19.7. The smallest absolute Gasteiger partial charge is 0.407 e. The number of aliphatic carboxylic acids is 1. The minimum atomic E-state index is -1.18. The zero-order chi connectivity index (χ0) is 24.6. The molecule has 2 saturated heterocycles. The second-order valence-electron chi connectivity index (χ2n) is 9.70. The van der Waals surface area contributed by atoms with E-state index in [0.29, 0.717) is 32.2 Å². The predicted molar refractivity (Wildman–Crippen MR) is 128 cm³/mol. The highest BCUT2D eigenvalue weighted by atomic mass is 16.6. The number of hydrogen-bond acceptors (Lipinski definition) is 5. The number of carboxylic acids is 1. The lowest BCUT2D eigenvalue weighted by molar-refractivity contribution is -0.160. The fraction of sp³-hybridized carbons (Fsp3) is 0.444. The molecule has 0 spiro atoms. The van der Waals surface area contributed by atoms with Gasteiger partial charge in [-0.15, -0.1) is 0 Å². The second-order valence-corrected chi connectivity index (χ2v) is 9.70. The van der Waals surface area contributed by atoms with E-state index in [0.717, 1.165) is 11.1 Å². The van der Waals surface area contributed by atoms with Gasteiger partial charge in [0.2, 0.25) is 0 Å². The molecule has 5 rings (SSSR count). The molecule has 2 aromatic rings. The van der Waals surface area contributed by atoms with Gasteiger partial charge in [-0.25, -0.2) is 9.59 Å². The summed E-state index contributed by atoms with van der Waals surface area (Å²) in [7, 11) is 0. The van der Waals surface area contributed by atoms with Crippen LogP contribution in [0.4, 0.5) is 4.79 Å². The molecule has 8 heteroatoms. The molecule has 2 aliphatic heterocycles. The molecular weight excluding hydrogens is 448 g/mol. The fourth-order valence-corrected chi connectivity index (χ4v) is 5.60. The number of hydrogen-bond donors (Lipinski definition) is 2. The summed E-state index contributed by atoms with van der Waals surface area (Å²) in [5.74, 6) is -1.28. The summed E-state index contributed by atoms with van der Waals surface area (Å²) in [6.45, 7) is 2.47. The molecule has 184 valence electrons. The Morgan fingerprint density at radius 3 is 2.40 bits per heavy atom. The molecule has 2 unspecified atom stereocenters. The van der Waals surface area contributed by atoms with E-state index in [1.807, 2.05) is 24.3 Å². The number of rotatable bonds is 6. The van der Waals surface area contributed by atoms with E-state index >= 15 is 0 Å². The number of carbonyl (C=O) groups excluding carboxylic acids is 2. The molecule has 2 heterocycles. The molecular formula is C27H30N2O6. The van der Waals surface area contributed by atoms with Gasteiger partial charge < -0.3 is 24.8 Å². The van der Waals surface area contributed by atoms with Crippen LogP contribution in [0.5, 0.6) is 0 Å². The van der Waals surface area contributed by atoms with Crippen LogP contribution in [0, 0.1) is 0 Å². The van der Waals surface area contributed by atoms with Gasteiger partial charge >= 0.3 is 12.1 Å². The summed E-state index contributed by atoms with van der Waals surface area (Å²) in [5.41, 5.74) is 3.46. The van der Waals surface area contributed by atoms with Crippen LogP contribution < -0.4 is 5.32 Å². The lowest BCUT2D eigenvalue weighted by Gasteiger charge is -2.33. The summed E-state index contributed by atoms with van der Waals surface area (Å²) in [5, 5.41) is 12.3. The van der Waals surface area contributed by atoms with Crippen LogP contribution in [-0.4, -0.2) is 65.4 Å². The fourth-order valence-electron chi connectivity index (χ4n) is 5.60. The molecule has 0 radical (unpaired) electrons. The molecule has 2 amide bonds. The molecule has 2 fully saturated rings. The van der Waals surface area contributed by atoms with Crippen LogP contribution in [0.2, 0.25) is 0 Å². The molecule has 35 heavy (non-hydrogen) atoms. The number of carbonyl (C=O) groups is 3.